The van der Waals surface area contributed by atoms with Gasteiger partial charge in [0.2, 0.25) is 0 Å². The third kappa shape index (κ3) is 4.91. The molecule has 0 atom stereocenters. The van der Waals surface area contributed by atoms with Crippen LogP contribution in [0.3, 0.4) is 0 Å². The van der Waals surface area contributed by atoms with E-state index >= 15 is 0 Å². The second-order valence-electron chi connectivity index (χ2n) is 4.01. The Balaban J connectivity index is 0.000000180. The molecule has 2 aromatic carbocycles. The number of phenols is 1. The fourth-order valence-electron chi connectivity index (χ4n) is 1.41. The summed E-state index contributed by atoms with van der Waals surface area (Å²) < 4.78 is 5.21. The van der Waals surface area contributed by atoms with Gasteiger partial charge in [0.15, 0.2) is 0 Å². The van der Waals surface area contributed by atoms with Crippen LogP contribution in [0.1, 0.15) is 18.1 Å². The van der Waals surface area contributed by atoms with E-state index in [9.17, 15) is 0 Å². The van der Waals surface area contributed by atoms with Crippen molar-refractivity contribution in [1.82, 2.24) is 0 Å². The number of hydrogen-bond donors (Lipinski definition) is 1. The first kappa shape index (κ1) is 14.1. The zero-order valence-corrected chi connectivity index (χ0v) is 11.2. The molecule has 18 heavy (non-hydrogen) atoms. The SMILES string of the molecule is CCOc1ccccc1.Cc1ccc(O)cc1C. The first-order valence-electron chi connectivity index (χ1n) is 6.07. The van der Waals surface area contributed by atoms with Crippen molar-refractivity contribution >= 4 is 0 Å². The summed E-state index contributed by atoms with van der Waals surface area (Å²) in [4.78, 5) is 0. The van der Waals surface area contributed by atoms with Crippen LogP contribution in [0, 0.1) is 13.8 Å². The summed E-state index contributed by atoms with van der Waals surface area (Å²) in [7, 11) is 0. The highest BCUT2D eigenvalue weighted by Crippen LogP contribution is 2.13. The van der Waals surface area contributed by atoms with Crippen LogP contribution < -0.4 is 4.74 Å². The smallest absolute Gasteiger partial charge is 0.119 e. The normalized spacial score (nSPS) is 9.28. The molecule has 0 saturated carbocycles. The van der Waals surface area contributed by atoms with Crippen LogP contribution >= 0.6 is 0 Å². The van der Waals surface area contributed by atoms with Gasteiger partial charge in [-0.15, -0.1) is 0 Å². The lowest BCUT2D eigenvalue weighted by molar-refractivity contribution is 0.340. The van der Waals surface area contributed by atoms with Crippen molar-refractivity contribution in [3.8, 4) is 11.5 Å². The number of aromatic hydroxyl groups is 1. The molecule has 2 rings (SSSR count). The van der Waals surface area contributed by atoms with Crippen molar-refractivity contribution in [1.29, 1.82) is 0 Å². The van der Waals surface area contributed by atoms with E-state index in [1.165, 1.54) is 5.56 Å². The van der Waals surface area contributed by atoms with Crippen molar-refractivity contribution in [2.24, 2.45) is 0 Å². The first-order chi connectivity index (χ1) is 8.63. The molecule has 2 heteroatoms. The van der Waals surface area contributed by atoms with Crippen LogP contribution in [0.5, 0.6) is 11.5 Å². The second-order valence-corrected chi connectivity index (χ2v) is 4.01. The number of rotatable bonds is 2. The number of phenolic OH excluding ortho intramolecular Hbond substituents is 1. The highest BCUT2D eigenvalue weighted by atomic mass is 16.5. The lowest BCUT2D eigenvalue weighted by Crippen LogP contribution is -1.89. The molecule has 0 radical (unpaired) electrons. The van der Waals surface area contributed by atoms with E-state index in [0.717, 1.165) is 17.9 Å². The molecule has 0 aliphatic carbocycles. The van der Waals surface area contributed by atoms with Crippen molar-refractivity contribution in [2.45, 2.75) is 20.8 Å². The Bertz CT molecular complexity index is 464. The number of ether oxygens (including phenoxy) is 1. The van der Waals surface area contributed by atoms with Crippen molar-refractivity contribution in [2.75, 3.05) is 6.61 Å². The number of hydrogen-bond acceptors (Lipinski definition) is 2. The third-order valence-electron chi connectivity index (χ3n) is 2.54. The van der Waals surface area contributed by atoms with Gasteiger partial charge < -0.3 is 9.84 Å². The lowest BCUT2D eigenvalue weighted by atomic mass is 10.1. The Labute approximate surface area is 109 Å². The molecule has 0 saturated heterocycles. The molecule has 0 spiro atoms. The van der Waals surface area contributed by atoms with E-state index in [-0.39, 0.29) is 0 Å². The van der Waals surface area contributed by atoms with E-state index < -0.39 is 0 Å². The molecule has 1 N–H and O–H groups in total. The Morgan fingerprint density at radius 1 is 0.944 bits per heavy atom. The standard InChI is InChI=1S/2C8H10O/c1-6-3-4-8(9)5-7(6)2;1-2-9-8-6-4-3-5-7-8/h3-5,9H,1-2H3;3-7H,2H2,1H3. The van der Waals surface area contributed by atoms with Crippen LogP contribution in [0.4, 0.5) is 0 Å². The van der Waals surface area contributed by atoms with Gasteiger partial charge in [0.1, 0.15) is 11.5 Å². The van der Waals surface area contributed by atoms with Crippen LogP contribution in [0.15, 0.2) is 48.5 Å². The van der Waals surface area contributed by atoms with Crippen LogP contribution in [0.2, 0.25) is 0 Å². The summed E-state index contributed by atoms with van der Waals surface area (Å²) in [5, 5.41) is 8.94. The Kier molecular flexibility index (Phi) is 5.78. The Hall–Kier alpha value is -1.96. The maximum atomic E-state index is 8.94. The zero-order chi connectivity index (χ0) is 13.4. The predicted molar refractivity (Wildman–Crippen MR) is 75.2 cm³/mol. The lowest BCUT2D eigenvalue weighted by Gasteiger charge is -1.99. The molecule has 0 amide bonds. The molecule has 2 nitrogen and oxygen atoms in total. The second kappa shape index (κ2) is 7.38. The quantitative estimate of drug-likeness (QED) is 0.862. The van der Waals surface area contributed by atoms with Crippen molar-refractivity contribution in [3.63, 3.8) is 0 Å². The minimum absolute atomic E-state index is 0.345. The summed E-state index contributed by atoms with van der Waals surface area (Å²) in [6.07, 6.45) is 0. The van der Waals surface area contributed by atoms with E-state index in [1.807, 2.05) is 57.2 Å². The molecule has 0 aromatic heterocycles. The van der Waals surface area contributed by atoms with E-state index in [1.54, 1.807) is 12.1 Å². The predicted octanol–water partition coefficient (Wildman–Crippen LogP) is 4.09. The average Bonchev–Trinajstić information content (AvgIpc) is 2.37. The number of benzene rings is 2. The minimum Gasteiger partial charge on any atom is -0.508 e. The fourth-order valence-corrected chi connectivity index (χ4v) is 1.41. The summed E-state index contributed by atoms with van der Waals surface area (Å²) in [6.45, 7) is 6.72. The topological polar surface area (TPSA) is 29.5 Å². The highest BCUT2D eigenvalue weighted by molar-refractivity contribution is 5.32. The van der Waals surface area contributed by atoms with Gasteiger partial charge in [0, 0.05) is 0 Å². The van der Waals surface area contributed by atoms with Gasteiger partial charge >= 0.3 is 0 Å². The summed E-state index contributed by atoms with van der Waals surface area (Å²) in [5.41, 5.74) is 2.35. The largest absolute Gasteiger partial charge is 0.508 e. The van der Waals surface area contributed by atoms with Gasteiger partial charge in [-0.25, -0.2) is 0 Å². The van der Waals surface area contributed by atoms with Crippen LogP contribution in [-0.2, 0) is 0 Å². The highest BCUT2D eigenvalue weighted by Gasteiger charge is 1.90. The van der Waals surface area contributed by atoms with Gasteiger partial charge in [-0.2, -0.15) is 0 Å². The van der Waals surface area contributed by atoms with E-state index in [0.29, 0.717) is 5.75 Å². The summed E-state index contributed by atoms with van der Waals surface area (Å²) in [5.74, 6) is 1.29. The van der Waals surface area contributed by atoms with Gasteiger partial charge in [0.05, 0.1) is 6.61 Å². The van der Waals surface area contributed by atoms with Gasteiger partial charge in [-0.3, -0.25) is 0 Å². The monoisotopic (exact) mass is 244 g/mol. The summed E-state index contributed by atoms with van der Waals surface area (Å²) >= 11 is 0. The Morgan fingerprint density at radius 2 is 1.61 bits per heavy atom. The maximum Gasteiger partial charge on any atom is 0.119 e. The summed E-state index contributed by atoms with van der Waals surface area (Å²) in [6, 6.07) is 15.2. The fraction of sp³-hybridized carbons (Fsp3) is 0.250. The molecule has 96 valence electrons. The van der Waals surface area contributed by atoms with Gasteiger partial charge in [0.25, 0.3) is 0 Å². The Morgan fingerprint density at radius 3 is 2.11 bits per heavy atom. The van der Waals surface area contributed by atoms with Gasteiger partial charge in [-0.05, 0) is 56.2 Å². The minimum atomic E-state index is 0.345. The van der Waals surface area contributed by atoms with E-state index in [4.69, 9.17) is 9.84 Å². The van der Waals surface area contributed by atoms with Gasteiger partial charge in [-0.1, -0.05) is 24.3 Å². The molecule has 0 fully saturated rings. The van der Waals surface area contributed by atoms with E-state index in [2.05, 4.69) is 0 Å². The average molecular weight is 244 g/mol. The first-order valence-corrected chi connectivity index (χ1v) is 6.07. The molecule has 0 bridgehead atoms. The number of aryl methyl sites for hydroxylation is 2. The molecule has 0 aliphatic rings. The van der Waals surface area contributed by atoms with Crippen LogP contribution in [0.25, 0.3) is 0 Å². The molecular formula is C16H20O2. The molecule has 0 heterocycles. The molecule has 0 aliphatic heterocycles. The molecule has 2 aromatic rings. The maximum absolute atomic E-state index is 8.94. The molecular weight excluding hydrogens is 224 g/mol. The van der Waals surface area contributed by atoms with Crippen molar-refractivity contribution < 1.29 is 9.84 Å². The molecule has 0 unspecified atom stereocenters. The zero-order valence-electron chi connectivity index (χ0n) is 11.2. The third-order valence-corrected chi connectivity index (χ3v) is 2.54. The number of para-hydroxylation sites is 1. The van der Waals surface area contributed by atoms with Crippen molar-refractivity contribution in [3.05, 3.63) is 59.7 Å². The van der Waals surface area contributed by atoms with Crippen LogP contribution in [-0.4, -0.2) is 11.7 Å².